The smallest absolute Gasteiger partial charge is 0.0440 e. The molecule has 0 atom stereocenters. The molecule has 2 rings (SSSR count). The van der Waals surface area contributed by atoms with E-state index in [1.165, 1.54) is 24.0 Å². The molecule has 0 aromatic heterocycles. The van der Waals surface area contributed by atoms with Crippen LogP contribution < -0.4 is 5.32 Å². The standard InChI is InChI=1S/C18H29N/c1-16(2,3)13-14-8-7-9-15(12-14)18(10-11-18)19-17(4,5)6/h7-9,12,19H,10-11,13H2,1-6H3. The highest BCUT2D eigenvalue weighted by atomic mass is 15.1. The lowest BCUT2D eigenvalue weighted by Crippen LogP contribution is -2.43. The van der Waals surface area contributed by atoms with Crippen LogP contribution in [0.3, 0.4) is 0 Å². The van der Waals surface area contributed by atoms with E-state index < -0.39 is 0 Å². The van der Waals surface area contributed by atoms with Crippen molar-refractivity contribution in [3.8, 4) is 0 Å². The summed E-state index contributed by atoms with van der Waals surface area (Å²) in [6, 6.07) is 9.19. The Balaban J connectivity index is 2.20. The van der Waals surface area contributed by atoms with E-state index in [1.54, 1.807) is 0 Å². The van der Waals surface area contributed by atoms with E-state index in [-0.39, 0.29) is 11.1 Å². The molecule has 0 radical (unpaired) electrons. The van der Waals surface area contributed by atoms with Gasteiger partial charge in [0.15, 0.2) is 0 Å². The minimum absolute atomic E-state index is 0.177. The molecule has 1 aliphatic rings. The number of benzene rings is 1. The first-order chi connectivity index (χ1) is 8.60. The quantitative estimate of drug-likeness (QED) is 0.833. The van der Waals surface area contributed by atoms with Crippen molar-refractivity contribution in [2.75, 3.05) is 0 Å². The molecule has 1 saturated carbocycles. The van der Waals surface area contributed by atoms with Gasteiger partial charge in [-0.25, -0.2) is 0 Å². The monoisotopic (exact) mass is 259 g/mol. The van der Waals surface area contributed by atoms with E-state index >= 15 is 0 Å². The lowest BCUT2D eigenvalue weighted by atomic mass is 9.87. The van der Waals surface area contributed by atoms with Crippen LogP contribution in [0.1, 0.15) is 65.5 Å². The van der Waals surface area contributed by atoms with Crippen molar-refractivity contribution in [2.24, 2.45) is 5.41 Å². The average Bonchev–Trinajstić information content (AvgIpc) is 2.94. The topological polar surface area (TPSA) is 12.0 Å². The molecule has 106 valence electrons. The predicted molar refractivity (Wildman–Crippen MR) is 83.4 cm³/mol. The van der Waals surface area contributed by atoms with E-state index in [0.717, 1.165) is 6.42 Å². The Labute approximate surface area is 118 Å². The summed E-state index contributed by atoms with van der Waals surface area (Å²) in [4.78, 5) is 0. The molecule has 1 heteroatoms. The highest BCUT2D eigenvalue weighted by molar-refractivity contribution is 5.34. The zero-order valence-corrected chi connectivity index (χ0v) is 13.4. The maximum atomic E-state index is 3.81. The summed E-state index contributed by atoms with van der Waals surface area (Å²) >= 11 is 0. The van der Waals surface area contributed by atoms with Crippen LogP contribution >= 0.6 is 0 Å². The normalized spacial score (nSPS) is 18.4. The Bertz CT molecular complexity index is 441. The van der Waals surface area contributed by atoms with Crippen LogP contribution in [0.25, 0.3) is 0 Å². The Morgan fingerprint density at radius 3 is 2.16 bits per heavy atom. The lowest BCUT2D eigenvalue weighted by molar-refractivity contribution is 0.348. The van der Waals surface area contributed by atoms with E-state index in [9.17, 15) is 0 Å². The molecule has 1 fully saturated rings. The summed E-state index contributed by atoms with van der Waals surface area (Å²) in [7, 11) is 0. The van der Waals surface area contributed by atoms with Crippen molar-refractivity contribution in [1.29, 1.82) is 0 Å². The summed E-state index contributed by atoms with van der Waals surface area (Å²) in [5.41, 5.74) is 3.71. The third kappa shape index (κ3) is 4.07. The molecule has 1 aromatic carbocycles. The van der Waals surface area contributed by atoms with Gasteiger partial charge in [-0.3, -0.25) is 0 Å². The predicted octanol–water partition coefficient (Wildman–Crippen LogP) is 4.65. The van der Waals surface area contributed by atoms with Crippen molar-refractivity contribution in [3.05, 3.63) is 35.4 Å². The largest absolute Gasteiger partial charge is 0.303 e. The maximum Gasteiger partial charge on any atom is 0.0440 e. The summed E-state index contributed by atoms with van der Waals surface area (Å²) in [5.74, 6) is 0. The van der Waals surface area contributed by atoms with Crippen molar-refractivity contribution in [1.82, 2.24) is 5.32 Å². The molecule has 19 heavy (non-hydrogen) atoms. The molecular weight excluding hydrogens is 230 g/mol. The number of hydrogen-bond acceptors (Lipinski definition) is 1. The van der Waals surface area contributed by atoms with Crippen molar-refractivity contribution in [3.63, 3.8) is 0 Å². The SMILES string of the molecule is CC(C)(C)Cc1cccc(C2(NC(C)(C)C)CC2)c1. The Hall–Kier alpha value is -0.820. The fraction of sp³-hybridized carbons (Fsp3) is 0.667. The van der Waals surface area contributed by atoms with Crippen molar-refractivity contribution in [2.45, 2.75) is 71.9 Å². The molecule has 0 unspecified atom stereocenters. The molecule has 1 aliphatic carbocycles. The number of hydrogen-bond donors (Lipinski definition) is 1. The second-order valence-electron chi connectivity index (χ2n) is 8.39. The van der Waals surface area contributed by atoms with Crippen LogP contribution in [-0.2, 0) is 12.0 Å². The minimum Gasteiger partial charge on any atom is -0.303 e. The molecule has 1 nitrogen and oxygen atoms in total. The van der Waals surface area contributed by atoms with E-state index in [4.69, 9.17) is 0 Å². The van der Waals surface area contributed by atoms with E-state index in [2.05, 4.69) is 71.1 Å². The molecule has 0 saturated heterocycles. The summed E-state index contributed by atoms with van der Waals surface area (Å²) in [6.45, 7) is 13.7. The highest BCUT2D eigenvalue weighted by Gasteiger charge is 2.46. The van der Waals surface area contributed by atoms with Crippen LogP contribution in [0.15, 0.2) is 24.3 Å². The molecular formula is C18H29N. The van der Waals surface area contributed by atoms with Gasteiger partial charge in [-0.15, -0.1) is 0 Å². The zero-order valence-electron chi connectivity index (χ0n) is 13.4. The fourth-order valence-electron chi connectivity index (χ4n) is 2.92. The first-order valence-corrected chi connectivity index (χ1v) is 7.49. The highest BCUT2D eigenvalue weighted by Crippen LogP contribution is 2.47. The summed E-state index contributed by atoms with van der Waals surface area (Å²) in [5, 5.41) is 3.81. The Kier molecular flexibility index (Phi) is 3.55. The van der Waals surface area contributed by atoms with Gasteiger partial charge in [-0.2, -0.15) is 0 Å². The van der Waals surface area contributed by atoms with Gasteiger partial charge in [0.1, 0.15) is 0 Å². The molecule has 0 amide bonds. The van der Waals surface area contributed by atoms with Crippen LogP contribution in [0.2, 0.25) is 0 Å². The first-order valence-electron chi connectivity index (χ1n) is 7.49. The molecule has 0 aliphatic heterocycles. The van der Waals surface area contributed by atoms with Crippen LogP contribution in [0.4, 0.5) is 0 Å². The van der Waals surface area contributed by atoms with Gasteiger partial charge >= 0.3 is 0 Å². The molecule has 1 N–H and O–H groups in total. The molecule has 0 heterocycles. The van der Waals surface area contributed by atoms with Gasteiger partial charge in [0.2, 0.25) is 0 Å². The van der Waals surface area contributed by atoms with Gasteiger partial charge in [0.05, 0.1) is 0 Å². The van der Waals surface area contributed by atoms with Crippen LogP contribution in [0, 0.1) is 5.41 Å². The van der Waals surface area contributed by atoms with Crippen LogP contribution in [0.5, 0.6) is 0 Å². The van der Waals surface area contributed by atoms with Gasteiger partial charge in [-0.1, -0.05) is 45.0 Å². The van der Waals surface area contributed by atoms with Crippen LogP contribution in [-0.4, -0.2) is 5.54 Å². The average molecular weight is 259 g/mol. The minimum atomic E-state index is 0.177. The summed E-state index contributed by atoms with van der Waals surface area (Å²) < 4.78 is 0. The van der Waals surface area contributed by atoms with Crippen molar-refractivity contribution < 1.29 is 0 Å². The van der Waals surface area contributed by atoms with Gasteiger partial charge in [0, 0.05) is 11.1 Å². The van der Waals surface area contributed by atoms with Gasteiger partial charge in [-0.05, 0) is 56.6 Å². The fourth-order valence-corrected chi connectivity index (χ4v) is 2.92. The lowest BCUT2D eigenvalue weighted by Gasteiger charge is -2.29. The Morgan fingerprint density at radius 1 is 1.05 bits per heavy atom. The van der Waals surface area contributed by atoms with Crippen molar-refractivity contribution >= 4 is 0 Å². The number of rotatable bonds is 3. The zero-order chi connectivity index (χ0) is 14.3. The molecule has 0 bridgehead atoms. The summed E-state index contributed by atoms with van der Waals surface area (Å²) in [6.07, 6.45) is 3.68. The van der Waals surface area contributed by atoms with E-state index in [1.807, 2.05) is 0 Å². The van der Waals surface area contributed by atoms with E-state index in [0.29, 0.717) is 5.41 Å². The molecule has 0 spiro atoms. The third-order valence-electron chi connectivity index (χ3n) is 3.58. The maximum absolute atomic E-state index is 3.81. The second kappa shape index (κ2) is 4.63. The molecule has 1 aromatic rings. The first kappa shape index (κ1) is 14.6. The Morgan fingerprint density at radius 2 is 1.68 bits per heavy atom. The number of nitrogens with one attached hydrogen (secondary N) is 1. The third-order valence-corrected chi connectivity index (χ3v) is 3.58. The second-order valence-corrected chi connectivity index (χ2v) is 8.39. The van der Waals surface area contributed by atoms with Gasteiger partial charge in [0.25, 0.3) is 0 Å². The van der Waals surface area contributed by atoms with Gasteiger partial charge < -0.3 is 5.32 Å².